The summed E-state index contributed by atoms with van der Waals surface area (Å²) in [5.41, 5.74) is 8.55. The summed E-state index contributed by atoms with van der Waals surface area (Å²) in [5, 5.41) is 12.2. The zero-order chi connectivity index (χ0) is 37.2. The Balaban J connectivity index is 0.000000203. The van der Waals surface area contributed by atoms with Crippen LogP contribution in [0.4, 0.5) is 0 Å². The summed E-state index contributed by atoms with van der Waals surface area (Å²) in [6, 6.07) is 38.8. The van der Waals surface area contributed by atoms with Gasteiger partial charge in [-0.15, -0.1) is 53.6 Å². The van der Waals surface area contributed by atoms with E-state index in [1.807, 2.05) is 49.7 Å². The van der Waals surface area contributed by atoms with Gasteiger partial charge in [0.2, 0.25) is 0 Å². The first kappa shape index (κ1) is 37.5. The zero-order valence-electron chi connectivity index (χ0n) is 31.4. The fourth-order valence-corrected chi connectivity index (χ4v) is 8.98. The zero-order valence-corrected chi connectivity index (χ0v) is 34.6. The second kappa shape index (κ2) is 16.6. The third kappa shape index (κ3) is 8.33. The van der Waals surface area contributed by atoms with Crippen molar-refractivity contribution >= 4 is 50.7 Å². The van der Waals surface area contributed by atoms with Gasteiger partial charge in [0.15, 0.2) is 0 Å². The van der Waals surface area contributed by atoms with Crippen LogP contribution in [0.5, 0.6) is 0 Å². The normalized spacial score (nSPS) is 11.8. The molecule has 1 radical (unpaired) electrons. The first-order valence-corrected chi connectivity index (χ1v) is 21.3. The van der Waals surface area contributed by atoms with E-state index in [2.05, 4.69) is 127 Å². The molecule has 0 saturated heterocycles. The van der Waals surface area contributed by atoms with Gasteiger partial charge in [-0.25, -0.2) is 5.26 Å². The molecule has 3 aromatic heterocycles. The van der Waals surface area contributed by atoms with Gasteiger partial charge in [-0.3, -0.25) is 4.79 Å². The molecule has 0 aliphatic rings. The van der Waals surface area contributed by atoms with Gasteiger partial charge in [-0.1, -0.05) is 118 Å². The van der Waals surface area contributed by atoms with Crippen molar-refractivity contribution < 1.29 is 36.4 Å². The first-order valence-electron chi connectivity index (χ1n) is 17.5. The fourth-order valence-electron chi connectivity index (χ4n) is 6.16. The van der Waals surface area contributed by atoms with Crippen LogP contribution in [-0.4, -0.2) is 29.3 Å². The van der Waals surface area contributed by atoms with Crippen LogP contribution in [-0.2, 0) is 25.0 Å². The quantitative estimate of drug-likeness (QED) is 0.0747. The smallest absolute Gasteiger partial charge is 0.306 e. The SMILES string of the molecule is CC(C)c1ccnc(-c2[c-]ccc3c2sc2cccc(-c4ccccc4)c23)c1.[2H]C(C)(C)c1cc(-c2[c-]cc(C(=O)OO)cc2)ncc1[Si](C)(C)C.[Ir]. The van der Waals surface area contributed by atoms with Crippen LogP contribution in [0.2, 0.25) is 19.6 Å². The number of nitrogens with zero attached hydrogens (tertiary/aromatic N) is 2. The van der Waals surface area contributed by atoms with Gasteiger partial charge in [-0.05, 0) is 67.3 Å². The number of benzene rings is 4. The average Bonchev–Trinajstić information content (AvgIpc) is 3.53. The van der Waals surface area contributed by atoms with Crippen molar-refractivity contribution in [1.29, 1.82) is 0 Å². The standard InChI is InChI=1S/C26H20NS.C18H22NO3Si.Ir/c1-17(2)19-14-15-27-23(16-19)21-11-6-12-22-25-20(18-8-4-3-5-9-18)10-7-13-24(25)28-26(21)22;1-12(2)15-10-16(19-11-17(15)23(3,4)5)13-6-8-14(9-7-13)18(20)22-21;/h3-10,12-17H,1-2H3;6,8-12,21H,1-5H3;/q2*-1;/i;12D;. The van der Waals surface area contributed by atoms with Gasteiger partial charge in [0.05, 0.1) is 8.07 Å². The number of carbonyl (C=O) groups excluding carboxylic acids is 1. The van der Waals surface area contributed by atoms with Crippen LogP contribution in [0.1, 0.15) is 62.4 Å². The number of carbonyl (C=O) groups is 1. The van der Waals surface area contributed by atoms with E-state index in [4.69, 9.17) is 6.63 Å². The molecular formula is C44H42IrN2O3SSi-2. The van der Waals surface area contributed by atoms with Crippen molar-refractivity contribution in [3.63, 3.8) is 0 Å². The molecule has 7 rings (SSSR count). The Kier molecular flexibility index (Phi) is 11.9. The summed E-state index contributed by atoms with van der Waals surface area (Å²) < 4.78 is 11.0. The van der Waals surface area contributed by atoms with Gasteiger partial charge in [-0.2, -0.15) is 11.3 Å². The molecule has 0 amide bonds. The second-order valence-corrected chi connectivity index (χ2v) is 20.2. The second-order valence-electron chi connectivity index (χ2n) is 14.1. The van der Waals surface area contributed by atoms with E-state index in [0.29, 0.717) is 11.6 Å². The summed E-state index contributed by atoms with van der Waals surface area (Å²) in [6.07, 6.45) is 3.79. The van der Waals surface area contributed by atoms with E-state index < -0.39 is 19.9 Å². The minimum Gasteiger partial charge on any atom is -0.306 e. The summed E-state index contributed by atoms with van der Waals surface area (Å²) >= 11 is 1.83. The Morgan fingerprint density at radius 3 is 2.33 bits per heavy atom. The molecule has 1 N–H and O–H groups in total. The van der Waals surface area contributed by atoms with E-state index in [1.54, 1.807) is 12.1 Å². The predicted molar refractivity (Wildman–Crippen MR) is 215 cm³/mol. The molecule has 0 spiro atoms. The Labute approximate surface area is 326 Å². The number of rotatable bonds is 7. The average molecular weight is 900 g/mol. The summed E-state index contributed by atoms with van der Waals surface area (Å²) in [7, 11) is -1.62. The molecular weight excluding hydrogens is 857 g/mol. The third-order valence-corrected chi connectivity index (χ3v) is 12.1. The molecule has 0 atom stereocenters. The van der Waals surface area contributed by atoms with E-state index >= 15 is 0 Å². The maximum absolute atomic E-state index is 11.3. The number of hydrogen-bond donors (Lipinski definition) is 1. The van der Waals surface area contributed by atoms with Crippen molar-refractivity contribution in [2.24, 2.45) is 0 Å². The molecule has 267 valence electrons. The molecule has 0 bridgehead atoms. The molecule has 52 heavy (non-hydrogen) atoms. The fraction of sp³-hybridized carbons (Fsp3) is 0.205. The molecule has 4 aromatic carbocycles. The number of thiophene rings is 1. The summed E-state index contributed by atoms with van der Waals surface area (Å²) in [5.74, 6) is -1.07. The number of fused-ring (bicyclic) bond motifs is 3. The van der Waals surface area contributed by atoms with Crippen molar-refractivity contribution in [3.05, 3.63) is 138 Å². The largest absolute Gasteiger partial charge is 0.333 e. The van der Waals surface area contributed by atoms with Crippen LogP contribution in [0.25, 0.3) is 53.8 Å². The molecule has 0 fully saturated rings. The number of hydrogen-bond acceptors (Lipinski definition) is 6. The first-order chi connectivity index (χ1) is 24.8. The molecule has 0 unspecified atom stereocenters. The van der Waals surface area contributed by atoms with Crippen LogP contribution in [0, 0.1) is 12.1 Å². The third-order valence-electron chi connectivity index (χ3n) is 8.91. The van der Waals surface area contributed by atoms with Crippen molar-refractivity contribution in [3.8, 4) is 33.6 Å². The van der Waals surface area contributed by atoms with Crippen molar-refractivity contribution in [1.82, 2.24) is 9.97 Å². The summed E-state index contributed by atoms with van der Waals surface area (Å²) in [4.78, 5) is 24.2. The molecule has 3 heterocycles. The topological polar surface area (TPSA) is 72.3 Å². The van der Waals surface area contributed by atoms with Crippen molar-refractivity contribution in [2.75, 3.05) is 0 Å². The van der Waals surface area contributed by atoms with Crippen molar-refractivity contribution in [2.45, 2.75) is 59.1 Å². The van der Waals surface area contributed by atoms with E-state index in [0.717, 1.165) is 22.4 Å². The minimum atomic E-state index is -1.62. The van der Waals surface area contributed by atoms with Crippen LogP contribution in [0.3, 0.4) is 0 Å². The Morgan fingerprint density at radius 1 is 0.904 bits per heavy atom. The Bertz CT molecular complexity index is 2370. The maximum Gasteiger partial charge on any atom is 0.333 e. The van der Waals surface area contributed by atoms with E-state index in [1.165, 1.54) is 48.1 Å². The summed E-state index contributed by atoms with van der Waals surface area (Å²) in [6.45, 7) is 14.9. The molecule has 8 heteroatoms. The number of aromatic nitrogens is 2. The predicted octanol–water partition coefficient (Wildman–Crippen LogP) is 11.6. The van der Waals surface area contributed by atoms with Gasteiger partial charge >= 0.3 is 5.97 Å². The maximum atomic E-state index is 11.3. The van der Waals surface area contributed by atoms with E-state index in [9.17, 15) is 4.79 Å². The van der Waals surface area contributed by atoms with Gasteiger partial charge < -0.3 is 14.9 Å². The molecule has 0 saturated carbocycles. The molecule has 0 aliphatic carbocycles. The van der Waals surface area contributed by atoms with Crippen LogP contribution < -0.4 is 5.19 Å². The molecule has 5 nitrogen and oxygen atoms in total. The number of pyridine rings is 2. The molecule has 0 aliphatic heterocycles. The van der Waals surface area contributed by atoms with Gasteiger partial charge in [0.25, 0.3) is 0 Å². The van der Waals surface area contributed by atoms with Gasteiger partial charge in [0.1, 0.15) is 0 Å². The van der Waals surface area contributed by atoms with Gasteiger partial charge in [0, 0.05) is 38.6 Å². The Hall–Kier alpha value is -4.30. The molecule has 7 aromatic rings. The monoisotopic (exact) mass is 900 g/mol. The Morgan fingerprint density at radius 2 is 1.67 bits per heavy atom. The minimum absolute atomic E-state index is 0. The van der Waals surface area contributed by atoms with Crippen LogP contribution in [0.15, 0.2) is 109 Å². The van der Waals surface area contributed by atoms with E-state index in [-0.39, 0.29) is 25.7 Å². The van der Waals surface area contributed by atoms with Crippen LogP contribution >= 0.6 is 11.3 Å².